The highest BCUT2D eigenvalue weighted by Crippen LogP contribution is 2.25. The van der Waals surface area contributed by atoms with Crippen molar-refractivity contribution in [3.05, 3.63) is 33.9 Å². The van der Waals surface area contributed by atoms with Gasteiger partial charge in [-0.15, -0.1) is 0 Å². The Bertz CT molecular complexity index is 423. The molecule has 0 heterocycles. The Kier molecular flexibility index (Phi) is 6.24. The molecule has 1 rings (SSSR count). The molecule has 0 saturated carbocycles. The minimum atomic E-state index is -0.480. The predicted octanol–water partition coefficient (Wildman–Crippen LogP) is 1.95. The fourth-order valence-electron chi connectivity index (χ4n) is 1.86. The topological polar surface area (TPSA) is 75.8 Å². The normalized spacial score (nSPS) is 10.5. The zero-order chi connectivity index (χ0) is 14.3. The molecule has 6 nitrogen and oxygen atoms in total. The Hall–Kier alpha value is -1.66. The van der Waals surface area contributed by atoms with E-state index in [2.05, 4.69) is 4.90 Å². The van der Waals surface area contributed by atoms with Crippen molar-refractivity contribution in [1.82, 2.24) is 0 Å². The molecule has 0 aliphatic carbocycles. The lowest BCUT2D eigenvalue weighted by molar-refractivity contribution is -0.385. The Morgan fingerprint density at radius 3 is 2.68 bits per heavy atom. The van der Waals surface area contributed by atoms with Crippen LogP contribution in [0.15, 0.2) is 18.2 Å². The molecule has 0 unspecified atom stereocenters. The van der Waals surface area contributed by atoms with Crippen molar-refractivity contribution in [1.29, 1.82) is 0 Å². The molecule has 0 saturated heterocycles. The summed E-state index contributed by atoms with van der Waals surface area (Å²) in [5, 5.41) is 20.0. The lowest BCUT2D eigenvalue weighted by Gasteiger charge is -2.23. The highest BCUT2D eigenvalue weighted by Gasteiger charge is 2.15. The number of nitro benzene ring substituents is 1. The fraction of sp³-hybridized carbons (Fsp3) is 0.538. The van der Waals surface area contributed by atoms with Crippen LogP contribution in [-0.2, 0) is 11.3 Å². The Morgan fingerprint density at radius 1 is 1.42 bits per heavy atom. The van der Waals surface area contributed by atoms with Crippen molar-refractivity contribution in [2.75, 3.05) is 31.2 Å². The van der Waals surface area contributed by atoms with Gasteiger partial charge >= 0.3 is 0 Å². The van der Waals surface area contributed by atoms with Crippen LogP contribution in [0.5, 0.6) is 0 Å². The van der Waals surface area contributed by atoms with E-state index in [1.165, 1.54) is 6.07 Å². The Morgan fingerprint density at radius 2 is 2.16 bits per heavy atom. The molecular weight excluding hydrogens is 248 g/mol. The minimum Gasteiger partial charge on any atom is -0.391 e. The maximum absolute atomic E-state index is 10.8. The van der Waals surface area contributed by atoms with E-state index in [0.717, 1.165) is 12.2 Å². The van der Waals surface area contributed by atoms with Crippen LogP contribution in [0.1, 0.15) is 19.4 Å². The van der Waals surface area contributed by atoms with Gasteiger partial charge in [-0.3, -0.25) is 10.1 Å². The van der Waals surface area contributed by atoms with Gasteiger partial charge in [-0.05, 0) is 26.0 Å². The van der Waals surface area contributed by atoms with Gasteiger partial charge in [-0.25, -0.2) is 0 Å². The van der Waals surface area contributed by atoms with Crippen molar-refractivity contribution in [2.24, 2.45) is 0 Å². The van der Waals surface area contributed by atoms with Gasteiger partial charge in [0.25, 0.3) is 5.69 Å². The van der Waals surface area contributed by atoms with Crippen LogP contribution < -0.4 is 4.90 Å². The zero-order valence-corrected chi connectivity index (χ0v) is 11.3. The number of ether oxygens (including phenoxy) is 1. The first-order valence-electron chi connectivity index (χ1n) is 6.34. The molecule has 0 aliphatic rings. The van der Waals surface area contributed by atoms with Crippen LogP contribution in [0.25, 0.3) is 0 Å². The molecule has 106 valence electrons. The quantitative estimate of drug-likeness (QED) is 0.443. The largest absolute Gasteiger partial charge is 0.391 e. The first kappa shape index (κ1) is 15.4. The number of nitrogens with zero attached hydrogens (tertiary/aromatic N) is 2. The molecule has 0 aliphatic heterocycles. The second-order valence-electron chi connectivity index (χ2n) is 4.00. The molecule has 0 atom stereocenters. The van der Waals surface area contributed by atoms with E-state index in [1.54, 1.807) is 12.1 Å². The summed E-state index contributed by atoms with van der Waals surface area (Å²) < 4.78 is 5.31. The van der Waals surface area contributed by atoms with Crippen LogP contribution in [0.2, 0.25) is 0 Å². The van der Waals surface area contributed by atoms with Gasteiger partial charge in [0.1, 0.15) is 0 Å². The van der Waals surface area contributed by atoms with Crippen molar-refractivity contribution in [2.45, 2.75) is 20.5 Å². The van der Waals surface area contributed by atoms with Gasteiger partial charge in [-0.2, -0.15) is 0 Å². The van der Waals surface area contributed by atoms with Crippen molar-refractivity contribution in [3.63, 3.8) is 0 Å². The smallest absolute Gasteiger partial charge is 0.275 e. The SMILES string of the molecule is CCOCCN(CC)c1ccc([N+](=O)[O-])c(CO)c1. The van der Waals surface area contributed by atoms with Crippen molar-refractivity contribution in [3.8, 4) is 0 Å². The van der Waals surface area contributed by atoms with E-state index in [1.807, 2.05) is 13.8 Å². The number of likely N-dealkylation sites (N-methyl/N-ethyl adjacent to an activating group) is 1. The van der Waals surface area contributed by atoms with Crippen LogP contribution >= 0.6 is 0 Å². The van der Waals surface area contributed by atoms with E-state index in [-0.39, 0.29) is 12.3 Å². The molecule has 0 radical (unpaired) electrons. The number of hydrogen-bond acceptors (Lipinski definition) is 5. The average molecular weight is 268 g/mol. The molecule has 6 heteroatoms. The lowest BCUT2D eigenvalue weighted by atomic mass is 10.1. The van der Waals surface area contributed by atoms with Crippen LogP contribution in [0, 0.1) is 10.1 Å². The van der Waals surface area contributed by atoms with Crippen LogP contribution in [-0.4, -0.2) is 36.3 Å². The number of aliphatic hydroxyl groups is 1. The second kappa shape index (κ2) is 7.70. The molecular formula is C13H20N2O4. The standard InChI is InChI=1S/C13H20N2O4/c1-3-14(7-8-19-4-2)12-5-6-13(15(17)18)11(9-12)10-16/h5-6,9,16H,3-4,7-8,10H2,1-2H3. The molecule has 1 aromatic carbocycles. The number of benzene rings is 1. The molecule has 0 spiro atoms. The number of nitro groups is 1. The first-order valence-corrected chi connectivity index (χ1v) is 6.34. The van der Waals surface area contributed by atoms with E-state index in [4.69, 9.17) is 4.74 Å². The number of aliphatic hydroxyl groups excluding tert-OH is 1. The van der Waals surface area contributed by atoms with E-state index in [0.29, 0.717) is 25.3 Å². The fourth-order valence-corrected chi connectivity index (χ4v) is 1.86. The number of anilines is 1. The zero-order valence-electron chi connectivity index (χ0n) is 11.3. The summed E-state index contributed by atoms with van der Waals surface area (Å²) >= 11 is 0. The number of hydrogen-bond donors (Lipinski definition) is 1. The summed E-state index contributed by atoms with van der Waals surface area (Å²) in [5.41, 5.74) is 1.14. The van der Waals surface area contributed by atoms with E-state index >= 15 is 0 Å². The van der Waals surface area contributed by atoms with Crippen LogP contribution in [0.4, 0.5) is 11.4 Å². The van der Waals surface area contributed by atoms with Crippen molar-refractivity contribution < 1.29 is 14.8 Å². The van der Waals surface area contributed by atoms with Gasteiger partial charge < -0.3 is 14.7 Å². The third-order valence-electron chi connectivity index (χ3n) is 2.89. The molecule has 0 amide bonds. The summed E-state index contributed by atoms with van der Waals surface area (Å²) in [4.78, 5) is 12.4. The van der Waals surface area contributed by atoms with Gasteiger partial charge in [0, 0.05) is 31.5 Å². The summed E-state index contributed by atoms with van der Waals surface area (Å²) in [5.74, 6) is 0. The molecule has 1 N–H and O–H groups in total. The Balaban J connectivity index is 2.89. The lowest BCUT2D eigenvalue weighted by Crippen LogP contribution is -2.27. The molecule has 0 bridgehead atoms. The molecule has 19 heavy (non-hydrogen) atoms. The van der Waals surface area contributed by atoms with Crippen LogP contribution in [0.3, 0.4) is 0 Å². The maximum Gasteiger partial charge on any atom is 0.275 e. The molecule has 0 aromatic heterocycles. The molecule has 1 aromatic rings. The maximum atomic E-state index is 10.8. The van der Waals surface area contributed by atoms with Gasteiger partial charge in [-0.1, -0.05) is 0 Å². The summed E-state index contributed by atoms with van der Waals surface area (Å²) in [6.07, 6.45) is 0. The van der Waals surface area contributed by atoms with E-state index < -0.39 is 4.92 Å². The predicted molar refractivity (Wildman–Crippen MR) is 73.4 cm³/mol. The van der Waals surface area contributed by atoms with Gasteiger partial charge in [0.2, 0.25) is 0 Å². The third-order valence-corrected chi connectivity index (χ3v) is 2.89. The highest BCUT2D eigenvalue weighted by molar-refractivity contribution is 5.55. The van der Waals surface area contributed by atoms with Gasteiger partial charge in [0.05, 0.1) is 23.7 Å². The third kappa shape index (κ3) is 4.18. The van der Waals surface area contributed by atoms with E-state index in [9.17, 15) is 15.2 Å². The molecule has 0 fully saturated rings. The number of rotatable bonds is 8. The Labute approximate surface area is 112 Å². The summed E-state index contributed by atoms with van der Waals surface area (Å²) in [6, 6.07) is 4.80. The monoisotopic (exact) mass is 268 g/mol. The summed E-state index contributed by atoms with van der Waals surface area (Å²) in [6.45, 7) is 6.36. The van der Waals surface area contributed by atoms with Crippen molar-refractivity contribution >= 4 is 11.4 Å². The first-order chi connectivity index (χ1) is 9.13. The van der Waals surface area contributed by atoms with Gasteiger partial charge in [0.15, 0.2) is 0 Å². The average Bonchev–Trinajstić information content (AvgIpc) is 2.43. The minimum absolute atomic E-state index is 0.0490. The highest BCUT2D eigenvalue weighted by atomic mass is 16.6. The second-order valence-corrected chi connectivity index (χ2v) is 4.00. The summed E-state index contributed by atoms with van der Waals surface area (Å²) in [7, 11) is 0.